The van der Waals surface area contributed by atoms with Crippen molar-refractivity contribution in [2.75, 3.05) is 37.7 Å². The molecule has 4 unspecified atom stereocenters. The summed E-state index contributed by atoms with van der Waals surface area (Å²) in [5, 5.41) is 0. The lowest BCUT2D eigenvalue weighted by molar-refractivity contribution is -0.143. The van der Waals surface area contributed by atoms with Crippen molar-refractivity contribution in [1.29, 1.82) is 0 Å². The standard InChI is InChI=1S/C21H26N2O4/c24-20(16-12-14-5-6-15(16)11-14)23-13-19(21(25)22-7-9-26-10-8-22)27-18-4-2-1-3-17(18)23/h1-4,14-16,19H,5-13H2. The lowest BCUT2D eigenvalue weighted by atomic mass is 9.87. The van der Waals surface area contributed by atoms with E-state index < -0.39 is 6.10 Å². The number of benzene rings is 1. The van der Waals surface area contributed by atoms with E-state index in [0.29, 0.717) is 50.4 Å². The van der Waals surface area contributed by atoms with Gasteiger partial charge in [-0.3, -0.25) is 9.59 Å². The van der Waals surface area contributed by atoms with Crippen LogP contribution in [0.4, 0.5) is 5.69 Å². The van der Waals surface area contributed by atoms with Crippen LogP contribution in [0.2, 0.25) is 0 Å². The van der Waals surface area contributed by atoms with Crippen LogP contribution in [0.5, 0.6) is 5.75 Å². The molecule has 4 atom stereocenters. The van der Waals surface area contributed by atoms with E-state index in [2.05, 4.69) is 0 Å². The smallest absolute Gasteiger partial charge is 0.265 e. The summed E-state index contributed by atoms with van der Waals surface area (Å²) in [6, 6.07) is 7.60. The van der Waals surface area contributed by atoms with Crippen molar-refractivity contribution in [1.82, 2.24) is 4.90 Å². The molecule has 0 radical (unpaired) electrons. The fraction of sp³-hybridized carbons (Fsp3) is 0.619. The maximum atomic E-state index is 13.4. The second-order valence-electron chi connectivity index (χ2n) is 8.24. The third-order valence-corrected chi connectivity index (χ3v) is 6.69. The largest absolute Gasteiger partial charge is 0.476 e. The highest BCUT2D eigenvalue weighted by Gasteiger charge is 2.46. The van der Waals surface area contributed by atoms with Gasteiger partial charge < -0.3 is 19.3 Å². The number of anilines is 1. The minimum atomic E-state index is -0.638. The first-order chi connectivity index (χ1) is 13.2. The summed E-state index contributed by atoms with van der Waals surface area (Å²) in [6.07, 6.45) is 4.00. The quantitative estimate of drug-likeness (QED) is 0.800. The Kier molecular flexibility index (Phi) is 4.31. The van der Waals surface area contributed by atoms with E-state index in [1.165, 1.54) is 19.3 Å². The summed E-state index contributed by atoms with van der Waals surface area (Å²) in [5.41, 5.74) is 0.802. The van der Waals surface area contributed by atoms with Crippen molar-refractivity contribution in [3.05, 3.63) is 24.3 Å². The van der Waals surface area contributed by atoms with Gasteiger partial charge in [0.1, 0.15) is 5.75 Å². The Hall–Kier alpha value is -2.08. The van der Waals surface area contributed by atoms with Crippen molar-refractivity contribution < 1.29 is 19.1 Å². The molecule has 3 fully saturated rings. The lowest BCUT2D eigenvalue weighted by Gasteiger charge is -2.39. The third kappa shape index (κ3) is 3.00. The highest BCUT2D eigenvalue weighted by Crippen LogP contribution is 2.49. The molecule has 0 spiro atoms. The van der Waals surface area contributed by atoms with Gasteiger partial charge in [0.05, 0.1) is 25.4 Å². The Bertz CT molecular complexity index is 745. The van der Waals surface area contributed by atoms with Crippen LogP contribution >= 0.6 is 0 Å². The topological polar surface area (TPSA) is 59.1 Å². The van der Waals surface area contributed by atoms with E-state index in [1.54, 1.807) is 4.90 Å². The molecule has 1 saturated heterocycles. The summed E-state index contributed by atoms with van der Waals surface area (Å²) in [4.78, 5) is 30.0. The molecule has 2 heterocycles. The van der Waals surface area contributed by atoms with E-state index in [9.17, 15) is 9.59 Å². The average Bonchev–Trinajstić information content (AvgIpc) is 3.36. The minimum Gasteiger partial charge on any atom is -0.476 e. The summed E-state index contributed by atoms with van der Waals surface area (Å²) >= 11 is 0. The predicted octanol–water partition coefficient (Wildman–Crippen LogP) is 2.08. The number of ether oxygens (including phenoxy) is 2. The van der Waals surface area contributed by atoms with Crippen LogP contribution in [0.25, 0.3) is 0 Å². The fourth-order valence-corrected chi connectivity index (χ4v) is 5.31. The number of hydrogen-bond donors (Lipinski definition) is 0. The van der Waals surface area contributed by atoms with Crippen LogP contribution < -0.4 is 9.64 Å². The first-order valence-electron chi connectivity index (χ1n) is 10.1. The van der Waals surface area contributed by atoms with Gasteiger partial charge in [0.2, 0.25) is 5.91 Å². The summed E-state index contributed by atoms with van der Waals surface area (Å²) in [5.74, 6) is 2.11. The van der Waals surface area contributed by atoms with Crippen LogP contribution in [-0.4, -0.2) is 55.7 Å². The normalized spacial score (nSPS) is 32.1. The van der Waals surface area contributed by atoms with Crippen molar-refractivity contribution in [3.63, 3.8) is 0 Å². The van der Waals surface area contributed by atoms with Crippen LogP contribution in [0.15, 0.2) is 24.3 Å². The number of para-hydroxylation sites is 2. The van der Waals surface area contributed by atoms with Crippen molar-refractivity contribution in [2.24, 2.45) is 17.8 Å². The maximum absolute atomic E-state index is 13.4. The molecule has 27 heavy (non-hydrogen) atoms. The number of hydrogen-bond acceptors (Lipinski definition) is 4. The molecule has 2 amide bonds. The van der Waals surface area contributed by atoms with E-state index in [-0.39, 0.29) is 17.7 Å². The number of fused-ring (bicyclic) bond motifs is 3. The molecule has 2 aliphatic carbocycles. The fourth-order valence-electron chi connectivity index (χ4n) is 5.31. The number of morpholine rings is 1. The molecule has 6 heteroatoms. The van der Waals surface area contributed by atoms with Crippen LogP contribution in [0.1, 0.15) is 25.7 Å². The van der Waals surface area contributed by atoms with Crippen LogP contribution in [0.3, 0.4) is 0 Å². The van der Waals surface area contributed by atoms with Gasteiger partial charge in [-0.15, -0.1) is 0 Å². The van der Waals surface area contributed by atoms with Crippen molar-refractivity contribution in [2.45, 2.75) is 31.8 Å². The summed E-state index contributed by atoms with van der Waals surface area (Å²) in [7, 11) is 0. The van der Waals surface area contributed by atoms with Gasteiger partial charge >= 0.3 is 0 Å². The first kappa shape index (κ1) is 17.0. The monoisotopic (exact) mass is 370 g/mol. The van der Waals surface area contributed by atoms with Gasteiger partial charge in [0, 0.05) is 19.0 Å². The predicted molar refractivity (Wildman–Crippen MR) is 99.5 cm³/mol. The molecule has 2 bridgehead atoms. The molecule has 5 rings (SSSR count). The van der Waals surface area contributed by atoms with Crippen LogP contribution in [0, 0.1) is 17.8 Å². The van der Waals surface area contributed by atoms with Gasteiger partial charge in [-0.05, 0) is 43.2 Å². The molecule has 1 aromatic carbocycles. The first-order valence-corrected chi connectivity index (χ1v) is 10.1. The second-order valence-corrected chi connectivity index (χ2v) is 8.24. The molecule has 1 aromatic rings. The Labute approximate surface area is 159 Å². The molecule has 4 aliphatic rings. The lowest BCUT2D eigenvalue weighted by Crippen LogP contribution is -2.55. The number of rotatable bonds is 2. The van der Waals surface area contributed by atoms with Crippen molar-refractivity contribution in [3.8, 4) is 5.75 Å². The molecule has 6 nitrogen and oxygen atoms in total. The Balaban J connectivity index is 1.40. The molecule has 144 valence electrons. The minimum absolute atomic E-state index is 0.0430. The molecular formula is C21H26N2O4. The zero-order chi connectivity index (χ0) is 18.4. The SMILES string of the molecule is O=C(C1CN(C(=O)C2CC3CCC2C3)c2ccccc2O1)N1CCOCC1. The summed E-state index contributed by atoms with van der Waals surface area (Å²) < 4.78 is 11.4. The molecule has 2 aliphatic heterocycles. The molecular weight excluding hydrogens is 344 g/mol. The highest BCUT2D eigenvalue weighted by atomic mass is 16.5. The van der Waals surface area contributed by atoms with Gasteiger partial charge in [0.25, 0.3) is 5.91 Å². The zero-order valence-electron chi connectivity index (χ0n) is 15.5. The molecule has 0 aromatic heterocycles. The second kappa shape index (κ2) is 6.82. The number of amides is 2. The Morgan fingerprint density at radius 2 is 1.81 bits per heavy atom. The van der Waals surface area contributed by atoms with Gasteiger partial charge in [0.15, 0.2) is 6.10 Å². The Morgan fingerprint density at radius 3 is 2.56 bits per heavy atom. The summed E-state index contributed by atoms with van der Waals surface area (Å²) in [6.45, 7) is 2.59. The maximum Gasteiger partial charge on any atom is 0.265 e. The van der Waals surface area contributed by atoms with Crippen LogP contribution in [-0.2, 0) is 14.3 Å². The number of nitrogens with zero attached hydrogens (tertiary/aromatic N) is 2. The highest BCUT2D eigenvalue weighted by molar-refractivity contribution is 5.99. The number of carbonyl (C=O) groups excluding carboxylic acids is 2. The molecule has 0 N–H and O–H groups in total. The van der Waals surface area contributed by atoms with Gasteiger partial charge in [-0.1, -0.05) is 18.6 Å². The number of carbonyl (C=O) groups is 2. The van der Waals surface area contributed by atoms with Crippen molar-refractivity contribution >= 4 is 17.5 Å². The molecule has 2 saturated carbocycles. The van der Waals surface area contributed by atoms with E-state index >= 15 is 0 Å². The Morgan fingerprint density at radius 1 is 1.00 bits per heavy atom. The average molecular weight is 370 g/mol. The van der Waals surface area contributed by atoms with Gasteiger partial charge in [-0.25, -0.2) is 0 Å². The van der Waals surface area contributed by atoms with E-state index in [1.807, 2.05) is 29.2 Å². The third-order valence-electron chi connectivity index (χ3n) is 6.69. The zero-order valence-corrected chi connectivity index (χ0v) is 15.5. The van der Waals surface area contributed by atoms with Gasteiger partial charge in [-0.2, -0.15) is 0 Å². The van der Waals surface area contributed by atoms with E-state index in [0.717, 1.165) is 12.1 Å². The van der Waals surface area contributed by atoms with E-state index in [4.69, 9.17) is 9.47 Å².